The van der Waals surface area contributed by atoms with Crippen LogP contribution in [0.3, 0.4) is 0 Å². The number of rotatable bonds is 6. The van der Waals surface area contributed by atoms with Crippen LogP contribution in [0.1, 0.15) is 57.3 Å². The van der Waals surface area contributed by atoms with Gasteiger partial charge in [-0.25, -0.2) is 9.18 Å². The minimum absolute atomic E-state index is 0.0816. The molecule has 1 aliphatic rings. The molecular formula is C19H24FN3O6. The van der Waals surface area contributed by atoms with Crippen molar-refractivity contribution in [2.24, 2.45) is 0 Å². The summed E-state index contributed by atoms with van der Waals surface area (Å²) in [5.41, 5.74) is -2.48. The number of carbonyl (C=O) groups excluding carboxylic acids is 2. The Kier molecular flexibility index (Phi) is 6.24. The van der Waals surface area contributed by atoms with Gasteiger partial charge in [0.05, 0.1) is 4.92 Å². The Labute approximate surface area is 167 Å². The van der Waals surface area contributed by atoms with Crippen molar-refractivity contribution in [3.8, 4) is 0 Å². The highest BCUT2D eigenvalue weighted by Crippen LogP contribution is 2.33. The maximum absolute atomic E-state index is 14.4. The Bertz CT molecular complexity index is 847. The first kappa shape index (κ1) is 22.3. The summed E-state index contributed by atoms with van der Waals surface area (Å²) in [5.74, 6) is -3.04. The van der Waals surface area contributed by atoms with Gasteiger partial charge in [-0.1, -0.05) is 13.0 Å². The minimum Gasteiger partial charge on any atom is -0.465 e. The van der Waals surface area contributed by atoms with E-state index < -0.39 is 57.5 Å². The standard InChI is InChI=1S/C19H24FN3O6/c1-5-13(22(18(26)27)19(2,3)4)16(24)21(11-9-10-11)17(25)15-12(20)7-6-8-14(15)23(28)29/h6-8,11,13H,5,9-10H2,1-4H3,(H,26,27)/t13-/m0/s1. The summed E-state index contributed by atoms with van der Waals surface area (Å²) in [7, 11) is 0. The van der Waals surface area contributed by atoms with E-state index in [1.807, 2.05) is 0 Å². The maximum atomic E-state index is 14.4. The molecule has 1 aromatic carbocycles. The van der Waals surface area contributed by atoms with Gasteiger partial charge in [0.1, 0.15) is 11.9 Å². The molecule has 0 aromatic heterocycles. The van der Waals surface area contributed by atoms with Crippen LogP contribution in [0.5, 0.6) is 0 Å². The van der Waals surface area contributed by atoms with E-state index in [2.05, 4.69) is 0 Å². The van der Waals surface area contributed by atoms with Crippen molar-refractivity contribution in [1.82, 2.24) is 9.80 Å². The van der Waals surface area contributed by atoms with E-state index in [0.29, 0.717) is 12.8 Å². The molecule has 1 aliphatic carbocycles. The van der Waals surface area contributed by atoms with Gasteiger partial charge in [0, 0.05) is 17.6 Å². The van der Waals surface area contributed by atoms with Crippen LogP contribution in [0, 0.1) is 15.9 Å². The van der Waals surface area contributed by atoms with Crippen molar-refractivity contribution >= 4 is 23.6 Å². The average molecular weight is 409 g/mol. The summed E-state index contributed by atoms with van der Waals surface area (Å²) >= 11 is 0. The smallest absolute Gasteiger partial charge is 0.408 e. The molecule has 1 N–H and O–H groups in total. The van der Waals surface area contributed by atoms with E-state index in [1.165, 1.54) is 0 Å². The quantitative estimate of drug-likeness (QED) is 0.568. The highest BCUT2D eigenvalue weighted by Gasteiger charge is 2.46. The topological polar surface area (TPSA) is 121 Å². The molecule has 0 bridgehead atoms. The van der Waals surface area contributed by atoms with Crippen LogP contribution in [0.15, 0.2) is 18.2 Å². The molecule has 1 fully saturated rings. The number of hydrogen-bond acceptors (Lipinski definition) is 5. The molecule has 1 atom stereocenters. The predicted molar refractivity (Wildman–Crippen MR) is 101 cm³/mol. The second-order valence-electron chi connectivity index (χ2n) is 7.88. The first-order chi connectivity index (χ1) is 13.4. The Morgan fingerprint density at radius 1 is 1.31 bits per heavy atom. The largest absolute Gasteiger partial charge is 0.465 e. The molecule has 0 spiro atoms. The third-order valence-electron chi connectivity index (χ3n) is 4.68. The number of amides is 3. The molecule has 0 unspecified atom stereocenters. The van der Waals surface area contributed by atoms with Crippen molar-refractivity contribution in [2.75, 3.05) is 0 Å². The molecular weight excluding hydrogens is 385 g/mol. The lowest BCUT2D eigenvalue weighted by Crippen LogP contribution is -2.58. The van der Waals surface area contributed by atoms with Gasteiger partial charge in [-0.3, -0.25) is 29.5 Å². The molecule has 3 amide bonds. The fourth-order valence-corrected chi connectivity index (χ4v) is 3.29. The normalized spacial score (nSPS) is 14.8. The van der Waals surface area contributed by atoms with E-state index in [1.54, 1.807) is 27.7 Å². The highest BCUT2D eigenvalue weighted by molar-refractivity contribution is 6.09. The fraction of sp³-hybridized carbons (Fsp3) is 0.526. The van der Waals surface area contributed by atoms with Gasteiger partial charge in [-0.05, 0) is 46.1 Å². The summed E-state index contributed by atoms with van der Waals surface area (Å²) < 4.78 is 14.4. The average Bonchev–Trinajstić information content (AvgIpc) is 3.42. The second kappa shape index (κ2) is 8.14. The molecule has 29 heavy (non-hydrogen) atoms. The van der Waals surface area contributed by atoms with Gasteiger partial charge >= 0.3 is 6.09 Å². The predicted octanol–water partition coefficient (Wildman–Crippen LogP) is 3.42. The fourth-order valence-electron chi connectivity index (χ4n) is 3.29. The zero-order chi connectivity index (χ0) is 22.1. The van der Waals surface area contributed by atoms with Gasteiger partial charge in [0.15, 0.2) is 5.56 Å². The number of nitrogens with zero attached hydrogens (tertiary/aromatic N) is 3. The number of nitro groups is 1. The zero-order valence-electron chi connectivity index (χ0n) is 16.7. The molecule has 0 radical (unpaired) electrons. The van der Waals surface area contributed by atoms with Gasteiger partial charge in [0.25, 0.3) is 17.5 Å². The molecule has 158 valence electrons. The van der Waals surface area contributed by atoms with Crippen molar-refractivity contribution < 1.29 is 28.8 Å². The number of carbonyl (C=O) groups is 3. The Hall–Kier alpha value is -3.04. The van der Waals surface area contributed by atoms with Crippen molar-refractivity contribution in [3.63, 3.8) is 0 Å². The summed E-state index contributed by atoms with van der Waals surface area (Å²) in [6, 6.07) is 1.27. The van der Waals surface area contributed by atoms with Crippen LogP contribution in [0.25, 0.3) is 0 Å². The van der Waals surface area contributed by atoms with Gasteiger partial charge < -0.3 is 5.11 Å². The molecule has 2 rings (SSSR count). The third-order valence-corrected chi connectivity index (χ3v) is 4.68. The number of halogens is 1. The molecule has 0 aliphatic heterocycles. The number of hydrogen-bond donors (Lipinski definition) is 1. The number of benzene rings is 1. The number of imide groups is 1. The summed E-state index contributed by atoms with van der Waals surface area (Å²) in [6.07, 6.45) is -0.312. The number of nitro benzene ring substituents is 1. The highest BCUT2D eigenvalue weighted by atomic mass is 19.1. The summed E-state index contributed by atoms with van der Waals surface area (Å²) in [5, 5.41) is 20.9. The van der Waals surface area contributed by atoms with Crippen LogP contribution >= 0.6 is 0 Å². The summed E-state index contributed by atoms with van der Waals surface area (Å²) in [4.78, 5) is 50.3. The monoisotopic (exact) mass is 409 g/mol. The lowest BCUT2D eigenvalue weighted by molar-refractivity contribution is -0.385. The van der Waals surface area contributed by atoms with Crippen LogP contribution in [-0.2, 0) is 4.79 Å². The number of carboxylic acid groups (broad SMARTS) is 1. The van der Waals surface area contributed by atoms with Crippen LogP contribution in [-0.4, -0.2) is 55.4 Å². The molecule has 0 heterocycles. The maximum Gasteiger partial charge on any atom is 0.408 e. The molecule has 0 saturated heterocycles. The van der Waals surface area contributed by atoms with Crippen LogP contribution < -0.4 is 0 Å². The molecule has 1 saturated carbocycles. The Morgan fingerprint density at radius 2 is 1.90 bits per heavy atom. The van der Waals surface area contributed by atoms with Crippen LogP contribution in [0.2, 0.25) is 0 Å². The van der Waals surface area contributed by atoms with Gasteiger partial charge in [-0.2, -0.15) is 0 Å². The summed E-state index contributed by atoms with van der Waals surface area (Å²) in [6.45, 7) is 6.44. The Morgan fingerprint density at radius 3 is 2.31 bits per heavy atom. The van der Waals surface area contributed by atoms with E-state index in [4.69, 9.17) is 0 Å². The lowest BCUT2D eigenvalue weighted by Gasteiger charge is -2.40. The molecule has 1 aromatic rings. The van der Waals surface area contributed by atoms with E-state index in [0.717, 1.165) is 28.0 Å². The molecule has 9 nitrogen and oxygen atoms in total. The van der Waals surface area contributed by atoms with Crippen molar-refractivity contribution in [2.45, 2.75) is 64.6 Å². The zero-order valence-corrected chi connectivity index (χ0v) is 16.7. The van der Waals surface area contributed by atoms with E-state index in [9.17, 15) is 34.0 Å². The van der Waals surface area contributed by atoms with Gasteiger partial charge in [-0.15, -0.1) is 0 Å². The van der Waals surface area contributed by atoms with Gasteiger partial charge in [0.2, 0.25) is 0 Å². The third kappa shape index (κ3) is 4.52. The first-order valence-corrected chi connectivity index (χ1v) is 9.24. The first-order valence-electron chi connectivity index (χ1n) is 9.24. The Balaban J connectivity index is 2.52. The second-order valence-corrected chi connectivity index (χ2v) is 7.88. The van der Waals surface area contributed by atoms with Crippen molar-refractivity contribution in [1.29, 1.82) is 0 Å². The minimum atomic E-state index is -1.34. The van der Waals surface area contributed by atoms with Crippen molar-refractivity contribution in [3.05, 3.63) is 39.7 Å². The lowest BCUT2D eigenvalue weighted by atomic mass is 10.0. The van der Waals surface area contributed by atoms with E-state index >= 15 is 0 Å². The SMILES string of the molecule is CC[C@@H](C(=O)N(C(=O)c1c(F)cccc1[N+](=O)[O-])C1CC1)N(C(=O)O)C(C)(C)C. The molecule has 10 heteroatoms. The van der Waals surface area contributed by atoms with Crippen LogP contribution in [0.4, 0.5) is 14.9 Å². The van der Waals surface area contributed by atoms with E-state index in [-0.39, 0.29) is 6.42 Å².